The third-order valence-electron chi connectivity index (χ3n) is 1.63. The van der Waals surface area contributed by atoms with E-state index in [1.165, 1.54) is 0 Å². The number of amides is 1. The van der Waals surface area contributed by atoms with Gasteiger partial charge in [0.1, 0.15) is 6.61 Å². The molecule has 0 aliphatic heterocycles. The fourth-order valence-electron chi connectivity index (χ4n) is 0.968. The Morgan fingerprint density at radius 1 is 1.38 bits per heavy atom. The van der Waals surface area contributed by atoms with E-state index in [1.54, 1.807) is 0 Å². The molecule has 0 unspecified atom stereocenters. The molecule has 0 saturated heterocycles. The van der Waals surface area contributed by atoms with Gasteiger partial charge >= 0.3 is 6.09 Å². The predicted molar refractivity (Wildman–Crippen MR) is 48.9 cm³/mol. The summed E-state index contributed by atoms with van der Waals surface area (Å²) in [5.41, 5.74) is 11.4. The van der Waals surface area contributed by atoms with Crippen molar-refractivity contribution in [3.05, 3.63) is 35.9 Å². The van der Waals surface area contributed by atoms with Crippen molar-refractivity contribution >= 4 is 6.09 Å². The number of hydrogen-bond donors (Lipinski definition) is 2. The minimum Gasteiger partial charge on any atom is -0.448 e. The van der Waals surface area contributed by atoms with E-state index in [4.69, 9.17) is 11.5 Å². The minimum atomic E-state index is -0.800. The monoisotopic (exact) mass is 180 g/mol. The zero-order valence-electron chi connectivity index (χ0n) is 7.14. The number of benzene rings is 1. The van der Waals surface area contributed by atoms with E-state index < -0.39 is 6.09 Å². The maximum atomic E-state index is 10.3. The van der Waals surface area contributed by atoms with E-state index in [-0.39, 0.29) is 12.6 Å². The molecule has 1 amide bonds. The molecule has 70 valence electrons. The smallest absolute Gasteiger partial charge is 0.404 e. The van der Waals surface area contributed by atoms with E-state index >= 15 is 0 Å². The fourth-order valence-corrected chi connectivity index (χ4v) is 0.968. The minimum absolute atomic E-state index is 0.110. The van der Waals surface area contributed by atoms with E-state index in [1.807, 2.05) is 30.3 Å². The lowest BCUT2D eigenvalue weighted by Gasteiger charge is -2.10. The molecule has 0 aliphatic carbocycles. The van der Waals surface area contributed by atoms with Crippen molar-refractivity contribution < 1.29 is 9.53 Å². The molecule has 0 heterocycles. The summed E-state index contributed by atoms with van der Waals surface area (Å²) in [6.45, 7) is 0.110. The summed E-state index contributed by atoms with van der Waals surface area (Å²) in [7, 11) is 0. The number of primary amides is 1. The van der Waals surface area contributed by atoms with E-state index in [9.17, 15) is 4.79 Å². The van der Waals surface area contributed by atoms with Gasteiger partial charge in [-0.3, -0.25) is 0 Å². The summed E-state index contributed by atoms with van der Waals surface area (Å²) in [5, 5.41) is 0. The van der Waals surface area contributed by atoms with Crippen LogP contribution in [-0.4, -0.2) is 12.7 Å². The summed E-state index contributed by atoms with van der Waals surface area (Å²) < 4.78 is 4.57. The van der Waals surface area contributed by atoms with Crippen molar-refractivity contribution in [1.29, 1.82) is 0 Å². The highest BCUT2D eigenvalue weighted by Gasteiger charge is 2.06. The van der Waals surface area contributed by atoms with Gasteiger partial charge in [0.05, 0.1) is 6.04 Å². The van der Waals surface area contributed by atoms with Crippen molar-refractivity contribution in [3.8, 4) is 0 Å². The molecular weight excluding hydrogens is 168 g/mol. The average molecular weight is 180 g/mol. The summed E-state index contributed by atoms with van der Waals surface area (Å²) in [4.78, 5) is 10.3. The SMILES string of the molecule is NC(=O)OC[C@H](N)c1ccccc1. The number of carbonyl (C=O) groups is 1. The zero-order valence-corrected chi connectivity index (χ0v) is 7.14. The van der Waals surface area contributed by atoms with Crippen LogP contribution in [0, 0.1) is 0 Å². The normalized spacial score (nSPS) is 12.1. The van der Waals surface area contributed by atoms with Crippen molar-refractivity contribution in [1.82, 2.24) is 0 Å². The molecule has 0 aromatic heterocycles. The quantitative estimate of drug-likeness (QED) is 0.721. The highest BCUT2D eigenvalue weighted by Crippen LogP contribution is 2.08. The Morgan fingerprint density at radius 2 is 2.00 bits per heavy atom. The van der Waals surface area contributed by atoms with Gasteiger partial charge in [-0.15, -0.1) is 0 Å². The van der Waals surface area contributed by atoms with Gasteiger partial charge in [-0.1, -0.05) is 30.3 Å². The van der Waals surface area contributed by atoms with Crippen LogP contribution < -0.4 is 11.5 Å². The number of carbonyl (C=O) groups excluding carboxylic acids is 1. The van der Waals surface area contributed by atoms with Crippen LogP contribution in [0.4, 0.5) is 4.79 Å². The number of ether oxygens (including phenoxy) is 1. The fraction of sp³-hybridized carbons (Fsp3) is 0.222. The van der Waals surface area contributed by atoms with E-state index in [2.05, 4.69) is 4.74 Å². The predicted octanol–water partition coefficient (Wildman–Crippen LogP) is 0.782. The van der Waals surface area contributed by atoms with Gasteiger partial charge in [0.25, 0.3) is 0 Å². The Labute approximate surface area is 76.5 Å². The molecule has 0 radical (unpaired) electrons. The molecule has 0 aliphatic rings. The first-order chi connectivity index (χ1) is 6.20. The summed E-state index contributed by atoms with van der Waals surface area (Å²) in [6.07, 6.45) is -0.800. The second-order valence-electron chi connectivity index (χ2n) is 2.65. The molecule has 4 nitrogen and oxygen atoms in total. The molecule has 4 N–H and O–H groups in total. The summed E-state index contributed by atoms with van der Waals surface area (Å²) >= 11 is 0. The number of hydrogen-bond acceptors (Lipinski definition) is 3. The summed E-state index contributed by atoms with van der Waals surface area (Å²) in [5.74, 6) is 0. The lowest BCUT2D eigenvalue weighted by atomic mass is 10.1. The Kier molecular flexibility index (Phi) is 3.28. The van der Waals surface area contributed by atoms with Crippen LogP contribution in [0.5, 0.6) is 0 Å². The molecule has 0 fully saturated rings. The Balaban J connectivity index is 2.49. The molecule has 1 aromatic rings. The number of rotatable bonds is 3. The largest absolute Gasteiger partial charge is 0.448 e. The van der Waals surface area contributed by atoms with Crippen LogP contribution in [0.2, 0.25) is 0 Å². The first-order valence-corrected chi connectivity index (χ1v) is 3.93. The molecule has 1 aromatic carbocycles. The highest BCUT2D eigenvalue weighted by molar-refractivity contribution is 5.64. The Hall–Kier alpha value is -1.55. The molecule has 13 heavy (non-hydrogen) atoms. The molecule has 0 saturated carbocycles. The topological polar surface area (TPSA) is 78.3 Å². The van der Waals surface area contributed by atoms with Gasteiger partial charge in [-0.25, -0.2) is 4.79 Å². The lowest BCUT2D eigenvalue weighted by Crippen LogP contribution is -2.22. The van der Waals surface area contributed by atoms with Crippen LogP contribution in [0.1, 0.15) is 11.6 Å². The van der Waals surface area contributed by atoms with Gasteiger partial charge < -0.3 is 16.2 Å². The third-order valence-corrected chi connectivity index (χ3v) is 1.63. The van der Waals surface area contributed by atoms with Gasteiger partial charge in [-0.2, -0.15) is 0 Å². The highest BCUT2D eigenvalue weighted by atomic mass is 16.5. The van der Waals surface area contributed by atoms with Gasteiger partial charge in [0.15, 0.2) is 0 Å². The van der Waals surface area contributed by atoms with Crippen molar-refractivity contribution in [2.75, 3.05) is 6.61 Å². The van der Waals surface area contributed by atoms with Crippen LogP contribution in [0.25, 0.3) is 0 Å². The molecule has 1 rings (SSSR count). The van der Waals surface area contributed by atoms with E-state index in [0.29, 0.717) is 0 Å². The molecule has 0 bridgehead atoms. The maximum absolute atomic E-state index is 10.3. The average Bonchev–Trinajstić information content (AvgIpc) is 2.15. The Bertz CT molecular complexity index is 274. The molecule has 4 heteroatoms. The van der Waals surface area contributed by atoms with Crippen LogP contribution in [0.15, 0.2) is 30.3 Å². The summed E-state index contributed by atoms with van der Waals surface area (Å²) in [6, 6.07) is 9.07. The van der Waals surface area contributed by atoms with Crippen molar-refractivity contribution in [2.24, 2.45) is 11.5 Å². The maximum Gasteiger partial charge on any atom is 0.404 e. The van der Waals surface area contributed by atoms with Crippen molar-refractivity contribution in [3.63, 3.8) is 0 Å². The van der Waals surface area contributed by atoms with Crippen LogP contribution >= 0.6 is 0 Å². The molecule has 1 atom stereocenters. The second kappa shape index (κ2) is 4.47. The van der Waals surface area contributed by atoms with E-state index in [0.717, 1.165) is 5.56 Å². The lowest BCUT2D eigenvalue weighted by molar-refractivity contribution is 0.149. The third kappa shape index (κ3) is 3.13. The van der Waals surface area contributed by atoms with Crippen LogP contribution in [0.3, 0.4) is 0 Å². The van der Waals surface area contributed by atoms with Gasteiger partial charge in [-0.05, 0) is 5.56 Å². The first kappa shape index (κ1) is 9.54. The van der Waals surface area contributed by atoms with Gasteiger partial charge in [0, 0.05) is 0 Å². The second-order valence-corrected chi connectivity index (χ2v) is 2.65. The van der Waals surface area contributed by atoms with Crippen LogP contribution in [-0.2, 0) is 4.74 Å². The van der Waals surface area contributed by atoms with Gasteiger partial charge in [0.2, 0.25) is 0 Å². The zero-order chi connectivity index (χ0) is 9.68. The molecule has 0 spiro atoms. The first-order valence-electron chi connectivity index (χ1n) is 3.93. The number of nitrogens with two attached hydrogens (primary N) is 2. The van der Waals surface area contributed by atoms with Crippen molar-refractivity contribution in [2.45, 2.75) is 6.04 Å². The Morgan fingerprint density at radius 3 is 2.54 bits per heavy atom. The standard InChI is InChI=1S/C9H12N2O2/c10-8(6-13-9(11)12)7-4-2-1-3-5-7/h1-5,8H,6,10H2,(H2,11,12)/t8-/m0/s1. The molecular formula is C9H12N2O2.